The normalized spacial score (nSPS) is 11.6. The largest absolute Gasteiger partial charge is 0.467 e. The molecule has 5 nitrogen and oxygen atoms in total. The maximum atomic E-state index is 12.6. The fourth-order valence-corrected chi connectivity index (χ4v) is 3.26. The van der Waals surface area contributed by atoms with Crippen LogP contribution in [0.3, 0.4) is 0 Å². The third kappa shape index (κ3) is 4.49. The number of ether oxygens (including phenoxy) is 2. The minimum absolute atomic E-state index is 0.356. The average molecular weight is 377 g/mol. The van der Waals surface area contributed by atoms with Crippen LogP contribution in [-0.4, -0.2) is 30.7 Å². The predicted molar refractivity (Wildman–Crippen MR) is 106 cm³/mol. The van der Waals surface area contributed by atoms with Crippen LogP contribution >= 0.6 is 0 Å². The topological polar surface area (TPSA) is 57.5 Å². The summed E-state index contributed by atoms with van der Waals surface area (Å²) in [4.78, 5) is 24.7. The SMILES string of the molecule is COC(=O)c1cc(Cc2ccccc2)n([C@@H](Cc2ccccc2)C(=O)OC)c1. The fourth-order valence-electron chi connectivity index (χ4n) is 3.26. The van der Waals surface area contributed by atoms with E-state index in [-0.39, 0.29) is 5.97 Å². The quantitative estimate of drug-likeness (QED) is 0.588. The highest BCUT2D eigenvalue weighted by Gasteiger charge is 2.26. The number of hydrogen-bond donors (Lipinski definition) is 0. The second-order valence-corrected chi connectivity index (χ2v) is 6.51. The van der Waals surface area contributed by atoms with E-state index in [2.05, 4.69) is 0 Å². The molecule has 0 unspecified atom stereocenters. The molecule has 0 aliphatic carbocycles. The first-order chi connectivity index (χ1) is 13.6. The van der Waals surface area contributed by atoms with Crippen molar-refractivity contribution in [3.63, 3.8) is 0 Å². The van der Waals surface area contributed by atoms with Gasteiger partial charge in [-0.15, -0.1) is 0 Å². The van der Waals surface area contributed by atoms with Gasteiger partial charge in [0.25, 0.3) is 0 Å². The molecule has 3 aromatic rings. The van der Waals surface area contributed by atoms with Gasteiger partial charge < -0.3 is 14.0 Å². The van der Waals surface area contributed by atoms with Gasteiger partial charge in [-0.05, 0) is 17.2 Å². The van der Waals surface area contributed by atoms with Crippen molar-refractivity contribution in [3.05, 3.63) is 95.3 Å². The number of carbonyl (C=O) groups is 2. The molecule has 0 radical (unpaired) electrons. The van der Waals surface area contributed by atoms with E-state index in [0.717, 1.165) is 16.8 Å². The van der Waals surface area contributed by atoms with Crippen molar-refractivity contribution in [1.29, 1.82) is 0 Å². The van der Waals surface area contributed by atoms with Gasteiger partial charge in [0.1, 0.15) is 6.04 Å². The lowest BCUT2D eigenvalue weighted by atomic mass is 10.0. The van der Waals surface area contributed by atoms with Crippen LogP contribution < -0.4 is 0 Å². The van der Waals surface area contributed by atoms with Crippen LogP contribution in [0.4, 0.5) is 0 Å². The Bertz CT molecular complexity index is 932. The standard InChI is InChI=1S/C23H23NO4/c1-27-22(25)19-15-20(13-17-9-5-3-6-10-17)24(16-19)21(23(26)28-2)14-18-11-7-4-8-12-18/h3-12,15-16,21H,13-14H2,1-2H3/t21-/m0/s1. The molecule has 0 aliphatic heterocycles. The molecule has 1 atom stereocenters. The number of nitrogens with zero attached hydrogens (tertiary/aromatic N) is 1. The molecule has 1 heterocycles. The first-order valence-electron chi connectivity index (χ1n) is 9.07. The molecule has 1 aromatic heterocycles. The zero-order chi connectivity index (χ0) is 19.9. The van der Waals surface area contributed by atoms with Crippen molar-refractivity contribution in [2.45, 2.75) is 18.9 Å². The zero-order valence-corrected chi connectivity index (χ0v) is 16.0. The highest BCUT2D eigenvalue weighted by atomic mass is 16.5. The van der Waals surface area contributed by atoms with Crippen molar-refractivity contribution in [1.82, 2.24) is 4.57 Å². The van der Waals surface area contributed by atoms with Crippen LogP contribution in [0.25, 0.3) is 0 Å². The molecule has 2 aromatic carbocycles. The van der Waals surface area contributed by atoms with E-state index < -0.39 is 12.0 Å². The van der Waals surface area contributed by atoms with Crippen molar-refractivity contribution in [3.8, 4) is 0 Å². The Hall–Kier alpha value is -3.34. The van der Waals surface area contributed by atoms with E-state index in [1.54, 1.807) is 12.3 Å². The number of hydrogen-bond acceptors (Lipinski definition) is 4. The summed E-state index contributed by atoms with van der Waals surface area (Å²) >= 11 is 0. The number of esters is 2. The molecule has 0 N–H and O–H groups in total. The van der Waals surface area contributed by atoms with Crippen molar-refractivity contribution in [2.24, 2.45) is 0 Å². The van der Waals surface area contributed by atoms with Gasteiger partial charge in [-0.1, -0.05) is 60.7 Å². The van der Waals surface area contributed by atoms with E-state index in [4.69, 9.17) is 9.47 Å². The van der Waals surface area contributed by atoms with Crippen LogP contribution in [0.15, 0.2) is 72.9 Å². The van der Waals surface area contributed by atoms with Gasteiger partial charge in [0.2, 0.25) is 0 Å². The van der Waals surface area contributed by atoms with Gasteiger partial charge in [-0.3, -0.25) is 0 Å². The molecule has 0 amide bonds. The van der Waals surface area contributed by atoms with Crippen LogP contribution in [0.5, 0.6) is 0 Å². The Morgan fingerprint density at radius 3 is 2.07 bits per heavy atom. The molecule has 28 heavy (non-hydrogen) atoms. The Balaban J connectivity index is 2.02. The van der Waals surface area contributed by atoms with Crippen LogP contribution in [0.2, 0.25) is 0 Å². The van der Waals surface area contributed by atoms with Crippen molar-refractivity contribution in [2.75, 3.05) is 14.2 Å². The lowest BCUT2D eigenvalue weighted by Crippen LogP contribution is -2.24. The van der Waals surface area contributed by atoms with E-state index in [0.29, 0.717) is 18.4 Å². The molecule has 0 saturated heterocycles. The van der Waals surface area contributed by atoms with Crippen molar-refractivity contribution < 1.29 is 19.1 Å². The van der Waals surface area contributed by atoms with Gasteiger partial charge in [-0.2, -0.15) is 0 Å². The highest BCUT2D eigenvalue weighted by molar-refractivity contribution is 5.89. The smallest absolute Gasteiger partial charge is 0.339 e. The third-order valence-electron chi connectivity index (χ3n) is 4.66. The molecule has 0 spiro atoms. The number of rotatable bonds is 7. The Kier molecular flexibility index (Phi) is 6.27. The lowest BCUT2D eigenvalue weighted by molar-refractivity contribution is -0.144. The minimum Gasteiger partial charge on any atom is -0.467 e. The minimum atomic E-state index is -0.579. The van der Waals surface area contributed by atoms with E-state index >= 15 is 0 Å². The monoisotopic (exact) mass is 377 g/mol. The van der Waals surface area contributed by atoms with Crippen LogP contribution in [0, 0.1) is 0 Å². The molecule has 0 bridgehead atoms. The summed E-state index contributed by atoms with van der Waals surface area (Å²) in [5, 5.41) is 0. The van der Waals surface area contributed by atoms with Gasteiger partial charge >= 0.3 is 11.9 Å². The van der Waals surface area contributed by atoms with Gasteiger partial charge in [-0.25, -0.2) is 9.59 Å². The fraction of sp³-hybridized carbons (Fsp3) is 0.217. The zero-order valence-electron chi connectivity index (χ0n) is 16.0. The number of carbonyl (C=O) groups excluding carboxylic acids is 2. The first-order valence-corrected chi connectivity index (χ1v) is 9.07. The van der Waals surface area contributed by atoms with Gasteiger partial charge in [0.05, 0.1) is 19.8 Å². The number of aromatic nitrogens is 1. The summed E-state index contributed by atoms with van der Waals surface area (Å²) in [7, 11) is 2.72. The summed E-state index contributed by atoms with van der Waals surface area (Å²) in [6, 6.07) is 20.8. The van der Waals surface area contributed by atoms with Crippen LogP contribution in [0.1, 0.15) is 33.2 Å². The number of methoxy groups -OCH3 is 2. The molecular formula is C23H23NO4. The Morgan fingerprint density at radius 2 is 1.50 bits per heavy atom. The predicted octanol–water partition coefficient (Wildman–Crippen LogP) is 3.82. The molecule has 0 saturated carbocycles. The molecule has 3 rings (SSSR count). The molecule has 0 fully saturated rings. The average Bonchev–Trinajstić information content (AvgIpc) is 3.15. The molecule has 144 valence electrons. The summed E-state index contributed by atoms with van der Waals surface area (Å²) in [5.74, 6) is -0.790. The summed E-state index contributed by atoms with van der Waals surface area (Å²) in [6.07, 6.45) is 2.72. The second kappa shape index (κ2) is 9.04. The molecule has 0 aliphatic rings. The van der Waals surface area contributed by atoms with Crippen molar-refractivity contribution >= 4 is 11.9 Å². The lowest BCUT2D eigenvalue weighted by Gasteiger charge is -2.20. The van der Waals surface area contributed by atoms with Gasteiger partial charge in [0, 0.05) is 24.7 Å². The summed E-state index contributed by atoms with van der Waals surface area (Å²) in [6.45, 7) is 0. The number of benzene rings is 2. The van der Waals surface area contributed by atoms with Gasteiger partial charge in [0.15, 0.2) is 0 Å². The first kappa shape index (κ1) is 19.4. The Labute approximate surface area is 164 Å². The Morgan fingerprint density at radius 1 is 0.893 bits per heavy atom. The van der Waals surface area contributed by atoms with E-state index in [9.17, 15) is 9.59 Å². The molecule has 5 heteroatoms. The summed E-state index contributed by atoms with van der Waals surface area (Å²) < 4.78 is 11.8. The molecular weight excluding hydrogens is 354 g/mol. The maximum absolute atomic E-state index is 12.6. The van der Waals surface area contributed by atoms with Crippen LogP contribution in [-0.2, 0) is 27.1 Å². The highest BCUT2D eigenvalue weighted by Crippen LogP contribution is 2.24. The van der Waals surface area contributed by atoms with E-state index in [1.807, 2.05) is 65.2 Å². The summed E-state index contributed by atoms with van der Waals surface area (Å²) in [5.41, 5.74) is 3.35. The maximum Gasteiger partial charge on any atom is 0.339 e. The van der Waals surface area contributed by atoms with E-state index in [1.165, 1.54) is 14.2 Å². The second-order valence-electron chi connectivity index (χ2n) is 6.51. The third-order valence-corrected chi connectivity index (χ3v) is 4.66.